The van der Waals surface area contributed by atoms with Crippen LogP contribution in [-0.4, -0.2) is 20.8 Å². The number of rotatable bonds is 4. The molecule has 88 valence electrons. The zero-order valence-electron chi connectivity index (χ0n) is 9.89. The van der Waals surface area contributed by atoms with Crippen LogP contribution in [0.5, 0.6) is 0 Å². The Bertz CT molecular complexity index is 360. The Hall–Kier alpha value is -0.900. The summed E-state index contributed by atoms with van der Waals surface area (Å²) in [6.45, 7) is 3.89. The molecule has 2 aliphatic carbocycles. The quantitative estimate of drug-likeness (QED) is 0.837. The molecule has 0 radical (unpaired) electrons. The van der Waals surface area contributed by atoms with Gasteiger partial charge in [0, 0.05) is 12.6 Å². The molecule has 2 saturated carbocycles. The van der Waals surface area contributed by atoms with Gasteiger partial charge >= 0.3 is 0 Å². The summed E-state index contributed by atoms with van der Waals surface area (Å²) in [7, 11) is 0. The molecule has 0 saturated heterocycles. The molecule has 2 bridgehead atoms. The largest absolute Gasteiger partial charge is 0.307 e. The van der Waals surface area contributed by atoms with E-state index in [1.165, 1.54) is 25.7 Å². The molecule has 2 aliphatic rings. The molecular weight excluding hydrogens is 200 g/mol. The maximum Gasteiger partial charge on any atom is 0.140 e. The summed E-state index contributed by atoms with van der Waals surface area (Å²) in [5.41, 5.74) is 0. The SMILES string of the molecule is CCn1ncnc1CNC1CC2CCC1C2. The van der Waals surface area contributed by atoms with E-state index in [0.717, 1.165) is 36.8 Å². The fourth-order valence-corrected chi connectivity index (χ4v) is 3.41. The Morgan fingerprint density at radius 2 is 2.38 bits per heavy atom. The maximum absolute atomic E-state index is 4.30. The molecule has 2 fully saturated rings. The smallest absolute Gasteiger partial charge is 0.140 e. The van der Waals surface area contributed by atoms with Crippen LogP contribution in [0, 0.1) is 11.8 Å². The number of nitrogens with zero attached hydrogens (tertiary/aromatic N) is 3. The van der Waals surface area contributed by atoms with Crippen LogP contribution in [0.2, 0.25) is 0 Å². The lowest BCUT2D eigenvalue weighted by Crippen LogP contribution is -2.34. The number of nitrogens with one attached hydrogen (secondary N) is 1. The Labute approximate surface area is 96.4 Å². The molecule has 0 amide bonds. The molecule has 16 heavy (non-hydrogen) atoms. The summed E-state index contributed by atoms with van der Waals surface area (Å²) in [5.74, 6) is 3.01. The normalized spacial score (nSPS) is 32.4. The van der Waals surface area contributed by atoms with E-state index in [9.17, 15) is 0 Å². The molecule has 1 N–H and O–H groups in total. The van der Waals surface area contributed by atoms with Crippen molar-refractivity contribution in [1.29, 1.82) is 0 Å². The zero-order valence-corrected chi connectivity index (χ0v) is 9.89. The zero-order chi connectivity index (χ0) is 11.0. The van der Waals surface area contributed by atoms with Gasteiger partial charge in [-0.2, -0.15) is 5.10 Å². The average Bonchev–Trinajstić information content (AvgIpc) is 3.01. The number of aryl methyl sites for hydroxylation is 1. The molecule has 0 aromatic carbocycles. The van der Waals surface area contributed by atoms with Gasteiger partial charge in [-0.05, 0) is 38.0 Å². The van der Waals surface area contributed by atoms with Crippen LogP contribution in [-0.2, 0) is 13.1 Å². The van der Waals surface area contributed by atoms with Crippen molar-refractivity contribution in [3.8, 4) is 0 Å². The van der Waals surface area contributed by atoms with Crippen molar-refractivity contribution >= 4 is 0 Å². The third-order valence-electron chi connectivity index (χ3n) is 4.26. The summed E-state index contributed by atoms with van der Waals surface area (Å²) in [6, 6.07) is 0.737. The minimum absolute atomic E-state index is 0.737. The second-order valence-corrected chi connectivity index (χ2v) is 5.15. The topological polar surface area (TPSA) is 42.7 Å². The first kappa shape index (κ1) is 10.3. The predicted molar refractivity (Wildman–Crippen MR) is 61.8 cm³/mol. The molecule has 1 aromatic heterocycles. The maximum atomic E-state index is 4.30. The van der Waals surface area contributed by atoms with Crippen LogP contribution in [0.25, 0.3) is 0 Å². The molecule has 1 heterocycles. The van der Waals surface area contributed by atoms with Gasteiger partial charge in [0.15, 0.2) is 0 Å². The first-order chi connectivity index (χ1) is 7.86. The van der Waals surface area contributed by atoms with E-state index in [0.29, 0.717) is 0 Å². The van der Waals surface area contributed by atoms with E-state index in [1.807, 2.05) is 4.68 Å². The van der Waals surface area contributed by atoms with Crippen molar-refractivity contribution < 1.29 is 0 Å². The van der Waals surface area contributed by atoms with E-state index >= 15 is 0 Å². The van der Waals surface area contributed by atoms with Crippen molar-refractivity contribution in [3.05, 3.63) is 12.2 Å². The van der Waals surface area contributed by atoms with Gasteiger partial charge < -0.3 is 5.32 Å². The van der Waals surface area contributed by atoms with E-state index in [2.05, 4.69) is 22.3 Å². The van der Waals surface area contributed by atoms with Crippen LogP contribution < -0.4 is 5.32 Å². The van der Waals surface area contributed by atoms with Gasteiger partial charge in [0.2, 0.25) is 0 Å². The molecule has 3 atom stereocenters. The van der Waals surface area contributed by atoms with Crippen LogP contribution in [0.4, 0.5) is 0 Å². The molecule has 4 heteroatoms. The van der Waals surface area contributed by atoms with Crippen LogP contribution in [0.15, 0.2) is 6.33 Å². The lowest BCUT2D eigenvalue weighted by Gasteiger charge is -2.22. The first-order valence-electron chi connectivity index (χ1n) is 6.47. The fourth-order valence-electron chi connectivity index (χ4n) is 3.41. The highest BCUT2D eigenvalue weighted by Crippen LogP contribution is 2.44. The molecular formula is C12H20N4. The number of aromatic nitrogens is 3. The van der Waals surface area contributed by atoms with Crippen molar-refractivity contribution in [2.45, 2.75) is 51.7 Å². The summed E-state index contributed by atoms with van der Waals surface area (Å²) < 4.78 is 1.97. The van der Waals surface area contributed by atoms with Gasteiger partial charge in [-0.3, -0.25) is 0 Å². The Balaban J connectivity index is 1.57. The van der Waals surface area contributed by atoms with Crippen molar-refractivity contribution in [3.63, 3.8) is 0 Å². The van der Waals surface area contributed by atoms with E-state index in [4.69, 9.17) is 0 Å². The Morgan fingerprint density at radius 3 is 3.06 bits per heavy atom. The molecule has 0 spiro atoms. The van der Waals surface area contributed by atoms with E-state index in [-0.39, 0.29) is 0 Å². The highest BCUT2D eigenvalue weighted by atomic mass is 15.3. The van der Waals surface area contributed by atoms with Gasteiger partial charge in [0.25, 0.3) is 0 Å². The van der Waals surface area contributed by atoms with Crippen molar-refractivity contribution in [2.75, 3.05) is 0 Å². The molecule has 0 aliphatic heterocycles. The fraction of sp³-hybridized carbons (Fsp3) is 0.833. The third kappa shape index (κ3) is 1.75. The number of fused-ring (bicyclic) bond motifs is 2. The van der Waals surface area contributed by atoms with Crippen LogP contribution >= 0.6 is 0 Å². The monoisotopic (exact) mass is 220 g/mol. The van der Waals surface area contributed by atoms with Crippen molar-refractivity contribution in [2.24, 2.45) is 11.8 Å². The molecule has 3 rings (SSSR count). The average molecular weight is 220 g/mol. The highest BCUT2D eigenvalue weighted by Gasteiger charge is 2.39. The Morgan fingerprint density at radius 1 is 1.44 bits per heavy atom. The Kier molecular flexibility index (Phi) is 2.67. The van der Waals surface area contributed by atoms with Gasteiger partial charge in [0.1, 0.15) is 12.2 Å². The lowest BCUT2D eigenvalue weighted by atomic mass is 9.95. The first-order valence-corrected chi connectivity index (χ1v) is 6.47. The molecule has 4 nitrogen and oxygen atoms in total. The van der Waals surface area contributed by atoms with Gasteiger partial charge in [-0.15, -0.1) is 0 Å². The second kappa shape index (κ2) is 4.17. The summed E-state index contributed by atoms with van der Waals surface area (Å²) in [5, 5.41) is 7.86. The standard InChI is InChI=1S/C12H20N4/c1-2-16-12(14-8-15-16)7-13-11-6-9-3-4-10(11)5-9/h8-11,13H,2-7H2,1H3. The predicted octanol–water partition coefficient (Wildman–Crippen LogP) is 1.58. The summed E-state index contributed by atoms with van der Waals surface area (Å²) >= 11 is 0. The van der Waals surface area contributed by atoms with Crippen LogP contribution in [0.3, 0.4) is 0 Å². The third-order valence-corrected chi connectivity index (χ3v) is 4.26. The summed E-state index contributed by atoms with van der Waals surface area (Å²) in [6.07, 6.45) is 7.39. The van der Waals surface area contributed by atoms with Gasteiger partial charge in [-0.1, -0.05) is 6.42 Å². The van der Waals surface area contributed by atoms with E-state index < -0.39 is 0 Å². The lowest BCUT2D eigenvalue weighted by molar-refractivity contribution is 0.345. The number of hydrogen-bond donors (Lipinski definition) is 1. The minimum Gasteiger partial charge on any atom is -0.307 e. The van der Waals surface area contributed by atoms with Crippen molar-refractivity contribution in [1.82, 2.24) is 20.1 Å². The van der Waals surface area contributed by atoms with Gasteiger partial charge in [-0.25, -0.2) is 9.67 Å². The molecule has 3 unspecified atom stereocenters. The van der Waals surface area contributed by atoms with E-state index in [1.54, 1.807) is 6.33 Å². The molecule has 1 aromatic rings. The van der Waals surface area contributed by atoms with Gasteiger partial charge in [0.05, 0.1) is 6.54 Å². The minimum atomic E-state index is 0.737. The number of hydrogen-bond acceptors (Lipinski definition) is 3. The summed E-state index contributed by atoms with van der Waals surface area (Å²) in [4.78, 5) is 4.30. The highest BCUT2D eigenvalue weighted by molar-refractivity contribution is 4.95. The van der Waals surface area contributed by atoms with Crippen LogP contribution in [0.1, 0.15) is 38.4 Å². The second-order valence-electron chi connectivity index (χ2n) is 5.15.